The predicted octanol–water partition coefficient (Wildman–Crippen LogP) is 1.42. The minimum absolute atomic E-state index is 0.105. The molecule has 0 aromatic carbocycles. The van der Waals surface area contributed by atoms with Gasteiger partial charge in [0.1, 0.15) is 0 Å². The van der Waals surface area contributed by atoms with Gasteiger partial charge in [-0.3, -0.25) is 4.79 Å². The van der Waals surface area contributed by atoms with Crippen molar-refractivity contribution in [2.45, 2.75) is 40.7 Å². The molecule has 0 aliphatic heterocycles. The number of hydrogen-bond donors (Lipinski definition) is 1. The van der Waals surface area contributed by atoms with Gasteiger partial charge in [0.25, 0.3) is 0 Å². The average Bonchev–Trinajstić information content (AvgIpc) is 2.25. The minimum atomic E-state index is -0.105. The Morgan fingerprint density at radius 1 is 1.22 bits per heavy atom. The zero-order valence-corrected chi connectivity index (χ0v) is 13.2. The molecular weight excluding hydrogens is 226 g/mol. The Morgan fingerprint density at radius 2 is 1.72 bits per heavy atom. The summed E-state index contributed by atoms with van der Waals surface area (Å²) in [6.45, 7) is 13.8. The lowest BCUT2D eigenvalue weighted by Crippen LogP contribution is -2.48. The molecule has 0 aliphatic rings. The monoisotopic (exact) mass is 257 g/mol. The second kappa shape index (κ2) is 7.74. The molecule has 4 nitrogen and oxygen atoms in total. The molecule has 0 spiro atoms. The van der Waals surface area contributed by atoms with Crippen LogP contribution in [0.3, 0.4) is 0 Å². The Bertz CT molecular complexity index is 247. The third-order valence-electron chi connectivity index (χ3n) is 3.08. The van der Waals surface area contributed by atoms with Gasteiger partial charge in [-0.05, 0) is 40.3 Å². The van der Waals surface area contributed by atoms with E-state index in [1.807, 2.05) is 25.7 Å². The first kappa shape index (κ1) is 17.4. The van der Waals surface area contributed by atoms with E-state index < -0.39 is 0 Å². The molecule has 0 rings (SSSR count). The second-order valence-corrected chi connectivity index (χ2v) is 6.02. The summed E-state index contributed by atoms with van der Waals surface area (Å²) in [6.07, 6.45) is 0. The zero-order chi connectivity index (χ0) is 14.3. The van der Waals surface area contributed by atoms with Gasteiger partial charge in [-0.2, -0.15) is 0 Å². The maximum absolute atomic E-state index is 12.1. The van der Waals surface area contributed by atoms with Gasteiger partial charge in [0.05, 0.1) is 6.04 Å². The molecule has 0 aromatic rings. The van der Waals surface area contributed by atoms with Crippen molar-refractivity contribution >= 4 is 5.91 Å². The van der Waals surface area contributed by atoms with Gasteiger partial charge < -0.3 is 15.1 Å². The lowest BCUT2D eigenvalue weighted by Gasteiger charge is -2.31. The third kappa shape index (κ3) is 6.36. The van der Waals surface area contributed by atoms with Gasteiger partial charge in [-0.25, -0.2) is 0 Å². The van der Waals surface area contributed by atoms with Gasteiger partial charge in [-0.1, -0.05) is 13.8 Å². The largest absolute Gasteiger partial charge is 0.342 e. The Hall–Kier alpha value is -0.610. The van der Waals surface area contributed by atoms with Crippen LogP contribution in [0, 0.1) is 5.41 Å². The molecule has 0 saturated heterocycles. The fraction of sp³-hybridized carbons (Fsp3) is 0.929. The van der Waals surface area contributed by atoms with E-state index >= 15 is 0 Å². The van der Waals surface area contributed by atoms with E-state index in [1.54, 1.807) is 0 Å². The molecule has 1 atom stereocenters. The van der Waals surface area contributed by atoms with Crippen molar-refractivity contribution < 1.29 is 4.79 Å². The van der Waals surface area contributed by atoms with Crippen LogP contribution in [0.1, 0.15) is 34.6 Å². The molecule has 0 aromatic heterocycles. The normalized spacial score (nSPS) is 13.8. The summed E-state index contributed by atoms with van der Waals surface area (Å²) in [5, 5.41) is 3.36. The summed E-state index contributed by atoms with van der Waals surface area (Å²) in [4.78, 5) is 16.1. The number of carbonyl (C=O) groups is 1. The maximum atomic E-state index is 12.1. The van der Waals surface area contributed by atoms with Crippen LogP contribution in [0.25, 0.3) is 0 Å². The fourth-order valence-corrected chi connectivity index (χ4v) is 2.24. The first-order valence-electron chi connectivity index (χ1n) is 6.90. The van der Waals surface area contributed by atoms with Crippen LogP contribution in [-0.4, -0.2) is 62.0 Å². The highest BCUT2D eigenvalue weighted by molar-refractivity contribution is 5.81. The molecule has 0 aliphatic carbocycles. The molecule has 0 saturated carbocycles. The van der Waals surface area contributed by atoms with Crippen molar-refractivity contribution in [2.24, 2.45) is 5.41 Å². The van der Waals surface area contributed by atoms with Crippen molar-refractivity contribution in [1.29, 1.82) is 0 Å². The lowest BCUT2D eigenvalue weighted by molar-refractivity contribution is -0.132. The van der Waals surface area contributed by atoms with E-state index in [9.17, 15) is 4.79 Å². The summed E-state index contributed by atoms with van der Waals surface area (Å²) in [6, 6.07) is -0.105. The molecule has 1 N–H and O–H groups in total. The summed E-state index contributed by atoms with van der Waals surface area (Å²) < 4.78 is 0. The SMILES string of the molecule is CCN(CC)C(=O)C(C)NCC(C)(C)CN(C)C. The number of nitrogens with zero attached hydrogens (tertiary/aromatic N) is 2. The van der Waals surface area contributed by atoms with Crippen molar-refractivity contribution in [1.82, 2.24) is 15.1 Å². The highest BCUT2D eigenvalue weighted by atomic mass is 16.2. The van der Waals surface area contributed by atoms with Gasteiger partial charge in [0, 0.05) is 26.2 Å². The molecule has 1 unspecified atom stereocenters. The molecule has 0 heterocycles. The number of nitrogens with one attached hydrogen (secondary N) is 1. The number of likely N-dealkylation sites (N-methyl/N-ethyl adjacent to an activating group) is 1. The van der Waals surface area contributed by atoms with Gasteiger partial charge in [0.15, 0.2) is 0 Å². The second-order valence-electron chi connectivity index (χ2n) is 6.02. The molecule has 4 heteroatoms. The smallest absolute Gasteiger partial charge is 0.239 e. The van der Waals surface area contributed by atoms with Crippen molar-refractivity contribution in [3.05, 3.63) is 0 Å². The molecule has 0 fully saturated rings. The predicted molar refractivity (Wildman–Crippen MR) is 77.7 cm³/mol. The molecule has 108 valence electrons. The third-order valence-corrected chi connectivity index (χ3v) is 3.08. The van der Waals surface area contributed by atoms with Crippen molar-refractivity contribution in [3.8, 4) is 0 Å². The molecule has 1 amide bonds. The van der Waals surface area contributed by atoms with Crippen molar-refractivity contribution in [2.75, 3.05) is 40.3 Å². The van der Waals surface area contributed by atoms with Crippen molar-refractivity contribution in [3.63, 3.8) is 0 Å². The van der Waals surface area contributed by atoms with Crippen LogP contribution in [0.5, 0.6) is 0 Å². The van der Waals surface area contributed by atoms with Crippen LogP contribution in [0.4, 0.5) is 0 Å². The van der Waals surface area contributed by atoms with Crippen LogP contribution in [0.15, 0.2) is 0 Å². The van der Waals surface area contributed by atoms with E-state index in [0.717, 1.165) is 26.2 Å². The van der Waals surface area contributed by atoms with Crippen LogP contribution < -0.4 is 5.32 Å². The molecule has 18 heavy (non-hydrogen) atoms. The molecule has 0 bridgehead atoms. The lowest BCUT2D eigenvalue weighted by atomic mass is 9.92. The van der Waals surface area contributed by atoms with E-state index in [-0.39, 0.29) is 17.4 Å². The van der Waals surface area contributed by atoms with E-state index in [4.69, 9.17) is 0 Å². The van der Waals surface area contributed by atoms with Gasteiger partial charge in [0.2, 0.25) is 5.91 Å². The number of hydrogen-bond acceptors (Lipinski definition) is 3. The highest BCUT2D eigenvalue weighted by Gasteiger charge is 2.23. The Kier molecular flexibility index (Phi) is 7.48. The summed E-state index contributed by atoms with van der Waals surface area (Å²) in [5.74, 6) is 0.195. The number of amides is 1. The first-order chi connectivity index (χ1) is 8.23. The Balaban J connectivity index is 4.24. The average molecular weight is 257 g/mol. The quantitative estimate of drug-likeness (QED) is 0.714. The van der Waals surface area contributed by atoms with Crippen LogP contribution in [0.2, 0.25) is 0 Å². The molecular formula is C14H31N3O. The standard InChI is InChI=1S/C14H31N3O/c1-8-17(9-2)13(18)12(3)15-10-14(4,5)11-16(6)7/h12,15H,8-11H2,1-7H3. The first-order valence-corrected chi connectivity index (χ1v) is 6.90. The van der Waals surface area contributed by atoms with Crippen LogP contribution >= 0.6 is 0 Å². The number of rotatable bonds is 8. The summed E-state index contributed by atoms with van der Waals surface area (Å²) in [5.41, 5.74) is 0.168. The van der Waals surface area contributed by atoms with Gasteiger partial charge in [-0.15, -0.1) is 0 Å². The minimum Gasteiger partial charge on any atom is -0.342 e. The van der Waals surface area contributed by atoms with E-state index in [0.29, 0.717) is 0 Å². The topological polar surface area (TPSA) is 35.6 Å². The Labute approximate surface area is 113 Å². The number of carbonyl (C=O) groups excluding carboxylic acids is 1. The Morgan fingerprint density at radius 3 is 2.11 bits per heavy atom. The highest BCUT2D eigenvalue weighted by Crippen LogP contribution is 2.14. The van der Waals surface area contributed by atoms with Crippen LogP contribution in [-0.2, 0) is 4.79 Å². The maximum Gasteiger partial charge on any atom is 0.239 e. The van der Waals surface area contributed by atoms with E-state index in [2.05, 4.69) is 38.2 Å². The molecule has 0 radical (unpaired) electrons. The van der Waals surface area contributed by atoms with Gasteiger partial charge >= 0.3 is 0 Å². The summed E-state index contributed by atoms with van der Waals surface area (Å²) >= 11 is 0. The summed E-state index contributed by atoms with van der Waals surface area (Å²) in [7, 11) is 4.15. The fourth-order valence-electron chi connectivity index (χ4n) is 2.24. The van der Waals surface area contributed by atoms with E-state index in [1.165, 1.54) is 0 Å². The zero-order valence-electron chi connectivity index (χ0n) is 13.2.